The summed E-state index contributed by atoms with van der Waals surface area (Å²) in [5.41, 5.74) is 5.83. The van der Waals surface area contributed by atoms with Gasteiger partial charge in [-0.05, 0) is 43.2 Å². The summed E-state index contributed by atoms with van der Waals surface area (Å²) in [6, 6.07) is -0.657. The zero-order chi connectivity index (χ0) is 22.8. The van der Waals surface area contributed by atoms with Crippen LogP contribution in [0.2, 0.25) is 0 Å². The van der Waals surface area contributed by atoms with Crippen molar-refractivity contribution in [1.82, 2.24) is 30.4 Å². The summed E-state index contributed by atoms with van der Waals surface area (Å²) in [6.45, 7) is 6.23. The number of fused-ring (bicyclic) bond motifs is 1. The van der Waals surface area contributed by atoms with Crippen molar-refractivity contribution in [3.05, 3.63) is 11.3 Å². The third-order valence-corrected chi connectivity index (χ3v) is 6.78. The SMILES string of the molecule is CC(C)(C)OC(=O)NCCCn1nnnc1SCC1=C(C(=O)O)N2C(=O)C(N)[C@H]2SC1. The third-order valence-electron chi connectivity index (χ3n) is 4.38. The topological polar surface area (TPSA) is 166 Å². The second-order valence-electron chi connectivity index (χ2n) is 7.95. The number of hydrogen-bond acceptors (Lipinski definition) is 10. The van der Waals surface area contributed by atoms with Gasteiger partial charge in [0.05, 0.1) is 0 Å². The number of carbonyl (C=O) groups is 3. The lowest BCUT2D eigenvalue weighted by atomic mass is 10.0. The van der Waals surface area contributed by atoms with Gasteiger partial charge in [-0.2, -0.15) is 0 Å². The van der Waals surface area contributed by atoms with E-state index in [-0.39, 0.29) is 17.0 Å². The zero-order valence-electron chi connectivity index (χ0n) is 17.4. The fourth-order valence-electron chi connectivity index (χ4n) is 3.02. The number of carbonyl (C=O) groups excluding carboxylic acids is 2. The van der Waals surface area contributed by atoms with E-state index in [0.717, 1.165) is 0 Å². The summed E-state index contributed by atoms with van der Waals surface area (Å²) in [5, 5.41) is 24.1. The standard InChI is InChI=1S/C17H25N7O5S2/c1-17(2,3)29-16(28)19-5-4-6-23-15(20-21-22-23)31-8-9-7-30-13-10(18)12(25)24(13)11(9)14(26)27/h10,13H,4-8,18H2,1-3H3,(H,19,28)(H,26,27)/t10?,13-/m1/s1. The van der Waals surface area contributed by atoms with E-state index >= 15 is 0 Å². The highest BCUT2D eigenvalue weighted by Gasteiger charge is 2.51. The number of nitrogens with one attached hydrogen (secondary N) is 1. The molecule has 0 aromatic carbocycles. The number of aliphatic carboxylic acids is 1. The van der Waals surface area contributed by atoms with Crippen LogP contribution in [0.4, 0.5) is 4.79 Å². The first-order valence-corrected chi connectivity index (χ1v) is 11.6. The molecule has 3 rings (SSSR count). The lowest BCUT2D eigenvalue weighted by Gasteiger charge is -2.48. The van der Waals surface area contributed by atoms with Crippen molar-refractivity contribution in [3.8, 4) is 0 Å². The minimum Gasteiger partial charge on any atom is -0.477 e. The maximum atomic E-state index is 12.0. The molecule has 14 heteroatoms. The number of carboxylic acid groups (broad SMARTS) is 1. The average Bonchev–Trinajstić information content (AvgIpc) is 3.14. The van der Waals surface area contributed by atoms with Crippen molar-refractivity contribution in [2.75, 3.05) is 18.1 Å². The number of aryl methyl sites for hydroxylation is 1. The van der Waals surface area contributed by atoms with E-state index in [2.05, 4.69) is 20.8 Å². The van der Waals surface area contributed by atoms with Crippen LogP contribution >= 0.6 is 23.5 Å². The van der Waals surface area contributed by atoms with E-state index in [4.69, 9.17) is 10.5 Å². The number of thioether (sulfide) groups is 2. The molecule has 2 atom stereocenters. The van der Waals surface area contributed by atoms with Crippen LogP contribution in [-0.4, -0.2) is 83.3 Å². The summed E-state index contributed by atoms with van der Waals surface area (Å²) in [7, 11) is 0. The Labute approximate surface area is 187 Å². The van der Waals surface area contributed by atoms with E-state index in [1.807, 2.05) is 0 Å². The van der Waals surface area contributed by atoms with Crippen LogP contribution < -0.4 is 11.1 Å². The zero-order valence-corrected chi connectivity index (χ0v) is 19.0. The van der Waals surface area contributed by atoms with Crippen LogP contribution in [0.15, 0.2) is 16.4 Å². The van der Waals surface area contributed by atoms with E-state index in [1.54, 1.807) is 25.5 Å². The van der Waals surface area contributed by atoms with Crippen molar-refractivity contribution < 1.29 is 24.2 Å². The van der Waals surface area contributed by atoms with Gasteiger partial charge in [-0.15, -0.1) is 16.9 Å². The lowest BCUT2D eigenvalue weighted by Crippen LogP contribution is -2.68. The maximum Gasteiger partial charge on any atom is 0.407 e. The first kappa shape index (κ1) is 23.3. The van der Waals surface area contributed by atoms with Gasteiger partial charge in [0.1, 0.15) is 22.7 Å². The summed E-state index contributed by atoms with van der Waals surface area (Å²) < 4.78 is 6.77. The van der Waals surface area contributed by atoms with Gasteiger partial charge in [0.15, 0.2) is 0 Å². The number of carboxylic acids is 1. The maximum absolute atomic E-state index is 12.0. The third kappa shape index (κ3) is 5.49. The van der Waals surface area contributed by atoms with Crippen LogP contribution in [0.1, 0.15) is 27.2 Å². The Morgan fingerprint density at radius 2 is 2.16 bits per heavy atom. The molecule has 1 fully saturated rings. The first-order valence-electron chi connectivity index (χ1n) is 9.60. The van der Waals surface area contributed by atoms with E-state index in [9.17, 15) is 19.5 Å². The largest absolute Gasteiger partial charge is 0.477 e. The molecule has 0 aliphatic carbocycles. The Morgan fingerprint density at radius 3 is 2.84 bits per heavy atom. The number of nitrogens with zero attached hydrogens (tertiary/aromatic N) is 5. The molecule has 0 radical (unpaired) electrons. The molecule has 1 unspecified atom stereocenters. The summed E-state index contributed by atoms with van der Waals surface area (Å²) >= 11 is 2.75. The molecule has 0 saturated carbocycles. The molecule has 0 bridgehead atoms. The number of tetrazole rings is 1. The number of amides is 2. The summed E-state index contributed by atoms with van der Waals surface area (Å²) in [5.74, 6) is -0.719. The number of rotatable bonds is 8. The molecule has 3 heterocycles. The van der Waals surface area contributed by atoms with Crippen LogP contribution in [-0.2, 0) is 20.9 Å². The van der Waals surface area contributed by atoms with Crippen LogP contribution in [0.3, 0.4) is 0 Å². The van der Waals surface area contributed by atoms with Crippen LogP contribution in [0.25, 0.3) is 0 Å². The predicted molar refractivity (Wildman–Crippen MR) is 113 cm³/mol. The minimum absolute atomic E-state index is 0.00327. The van der Waals surface area contributed by atoms with Gasteiger partial charge >= 0.3 is 12.1 Å². The van der Waals surface area contributed by atoms with Gasteiger partial charge in [-0.3, -0.25) is 9.69 Å². The van der Waals surface area contributed by atoms with E-state index < -0.39 is 23.7 Å². The Hall–Kier alpha value is -2.32. The first-order chi connectivity index (χ1) is 14.6. The predicted octanol–water partition coefficient (Wildman–Crippen LogP) is 0.261. The van der Waals surface area contributed by atoms with Gasteiger partial charge in [0.25, 0.3) is 0 Å². The van der Waals surface area contributed by atoms with Crippen molar-refractivity contribution in [3.63, 3.8) is 0 Å². The molecule has 31 heavy (non-hydrogen) atoms. The molecule has 1 aromatic rings. The molecule has 2 aliphatic rings. The fraction of sp³-hybridized carbons (Fsp3) is 0.647. The Morgan fingerprint density at radius 1 is 1.42 bits per heavy atom. The van der Waals surface area contributed by atoms with Crippen molar-refractivity contribution >= 4 is 41.5 Å². The molecule has 12 nitrogen and oxygen atoms in total. The Bertz CT molecular complexity index is 898. The smallest absolute Gasteiger partial charge is 0.407 e. The van der Waals surface area contributed by atoms with Gasteiger partial charge in [-0.25, -0.2) is 14.3 Å². The van der Waals surface area contributed by atoms with Gasteiger partial charge in [-0.1, -0.05) is 11.8 Å². The van der Waals surface area contributed by atoms with Gasteiger partial charge in [0.2, 0.25) is 11.1 Å². The van der Waals surface area contributed by atoms with Crippen molar-refractivity contribution in [2.24, 2.45) is 5.73 Å². The van der Waals surface area contributed by atoms with Crippen molar-refractivity contribution in [1.29, 1.82) is 0 Å². The Kier molecular flexibility index (Phi) is 7.11. The van der Waals surface area contributed by atoms with E-state index in [0.29, 0.717) is 41.7 Å². The average molecular weight is 472 g/mol. The van der Waals surface area contributed by atoms with Crippen LogP contribution in [0.5, 0.6) is 0 Å². The number of ether oxygens (including phenoxy) is 1. The molecular weight excluding hydrogens is 446 g/mol. The lowest BCUT2D eigenvalue weighted by molar-refractivity contribution is -0.147. The van der Waals surface area contributed by atoms with Gasteiger partial charge < -0.3 is 20.9 Å². The Balaban J connectivity index is 1.54. The van der Waals surface area contributed by atoms with Crippen LogP contribution in [0, 0.1) is 0 Å². The second-order valence-corrected chi connectivity index (χ2v) is 10.00. The molecule has 170 valence electrons. The number of nitrogens with two attached hydrogens (primary N) is 1. The molecular formula is C17H25N7O5S2. The molecule has 1 saturated heterocycles. The normalized spacial score (nSPS) is 20.9. The highest BCUT2D eigenvalue weighted by Crippen LogP contribution is 2.40. The quantitative estimate of drug-likeness (QED) is 0.270. The monoisotopic (exact) mass is 471 g/mol. The molecule has 2 amide bonds. The fourth-order valence-corrected chi connectivity index (χ4v) is 5.35. The number of β-lactam (4-membered cyclic amide) rings is 1. The summed E-state index contributed by atoms with van der Waals surface area (Å²) in [6.07, 6.45) is 0.0961. The number of hydrogen-bond donors (Lipinski definition) is 3. The number of alkyl carbamates (subject to hydrolysis) is 1. The van der Waals surface area contributed by atoms with E-state index in [1.165, 1.54) is 28.4 Å². The summed E-state index contributed by atoms with van der Waals surface area (Å²) in [4.78, 5) is 36.7. The second kappa shape index (κ2) is 9.44. The minimum atomic E-state index is -1.14. The van der Waals surface area contributed by atoms with Crippen molar-refractivity contribution in [2.45, 2.75) is 55.9 Å². The number of aromatic nitrogens is 4. The highest BCUT2D eigenvalue weighted by atomic mass is 32.2. The highest BCUT2D eigenvalue weighted by molar-refractivity contribution is 8.01. The van der Waals surface area contributed by atoms with Gasteiger partial charge in [0, 0.05) is 24.6 Å². The molecule has 1 aromatic heterocycles. The molecule has 0 spiro atoms. The molecule has 4 N–H and O–H groups in total. The molecule has 2 aliphatic heterocycles.